The zero-order valence-electron chi connectivity index (χ0n) is 14.9. The van der Waals surface area contributed by atoms with Crippen molar-refractivity contribution in [2.24, 2.45) is 0 Å². The van der Waals surface area contributed by atoms with Crippen molar-refractivity contribution >= 4 is 22.9 Å². The van der Waals surface area contributed by atoms with E-state index < -0.39 is 5.97 Å². The molecule has 3 aromatic carbocycles. The molecule has 5 heteroatoms. The number of hydrogen-bond donors (Lipinski definition) is 1. The molecule has 0 aliphatic rings. The van der Waals surface area contributed by atoms with E-state index in [1.165, 1.54) is 6.07 Å². The van der Waals surface area contributed by atoms with E-state index in [2.05, 4.69) is 0 Å². The highest BCUT2D eigenvalue weighted by Gasteiger charge is 2.08. The summed E-state index contributed by atoms with van der Waals surface area (Å²) in [6.45, 7) is 0.314. The predicted octanol–water partition coefficient (Wildman–Crippen LogP) is 5.17. The van der Waals surface area contributed by atoms with Gasteiger partial charge < -0.3 is 14.3 Å². The molecular weight excluding hydrogens is 356 g/mol. The second-order valence-electron chi connectivity index (χ2n) is 5.88. The Balaban J connectivity index is 0.000000167. The molecule has 1 aromatic heterocycles. The van der Waals surface area contributed by atoms with E-state index in [1.807, 2.05) is 60.7 Å². The molecule has 4 aromatic rings. The van der Waals surface area contributed by atoms with Crippen molar-refractivity contribution in [1.29, 1.82) is 0 Å². The molecular formula is C23H18O5. The summed E-state index contributed by atoms with van der Waals surface area (Å²) in [5.41, 5.74) is 2.18. The number of furan rings is 1. The number of fused-ring (bicyclic) bond motifs is 1. The first-order chi connectivity index (χ1) is 13.6. The molecule has 0 aliphatic heterocycles. The third-order valence-corrected chi connectivity index (χ3v) is 3.86. The number of carbonyl (C=O) groups is 2. The summed E-state index contributed by atoms with van der Waals surface area (Å²) < 4.78 is 10.2. The van der Waals surface area contributed by atoms with E-state index in [0.29, 0.717) is 17.8 Å². The fourth-order valence-corrected chi connectivity index (χ4v) is 2.47. The third-order valence-electron chi connectivity index (χ3n) is 3.86. The van der Waals surface area contributed by atoms with Crippen molar-refractivity contribution < 1.29 is 23.8 Å². The highest BCUT2D eigenvalue weighted by Crippen LogP contribution is 2.18. The van der Waals surface area contributed by atoms with Crippen molar-refractivity contribution in [1.82, 2.24) is 0 Å². The van der Waals surface area contributed by atoms with E-state index >= 15 is 0 Å². The molecule has 0 spiro atoms. The Labute approximate surface area is 161 Å². The van der Waals surface area contributed by atoms with Crippen LogP contribution in [0.25, 0.3) is 11.0 Å². The van der Waals surface area contributed by atoms with Crippen LogP contribution in [0.2, 0.25) is 0 Å². The summed E-state index contributed by atoms with van der Waals surface area (Å²) in [7, 11) is 0. The van der Waals surface area contributed by atoms with Gasteiger partial charge in [0.25, 0.3) is 0 Å². The number of hydrogen-bond acceptors (Lipinski definition) is 4. The van der Waals surface area contributed by atoms with E-state index in [4.69, 9.17) is 14.3 Å². The number of aromatic carboxylic acids is 1. The van der Waals surface area contributed by atoms with E-state index in [9.17, 15) is 9.59 Å². The number of rotatable bonds is 4. The van der Waals surface area contributed by atoms with Gasteiger partial charge in [-0.1, -0.05) is 66.7 Å². The maximum atomic E-state index is 11.6. The Morgan fingerprint density at radius 1 is 0.821 bits per heavy atom. The normalized spacial score (nSPS) is 10.0. The van der Waals surface area contributed by atoms with Crippen LogP contribution in [0.3, 0.4) is 0 Å². The van der Waals surface area contributed by atoms with Gasteiger partial charge in [0.05, 0.1) is 5.56 Å². The van der Waals surface area contributed by atoms with E-state index in [-0.39, 0.29) is 11.7 Å². The Morgan fingerprint density at radius 2 is 1.43 bits per heavy atom. The molecule has 28 heavy (non-hydrogen) atoms. The minimum atomic E-state index is -1.04. The number of ether oxygens (including phenoxy) is 1. The van der Waals surface area contributed by atoms with Gasteiger partial charge in [0.15, 0.2) is 0 Å². The Bertz CT molecular complexity index is 1020. The average Bonchev–Trinajstić information content (AvgIpc) is 3.19. The zero-order valence-corrected chi connectivity index (χ0v) is 14.9. The van der Waals surface area contributed by atoms with Gasteiger partial charge >= 0.3 is 11.9 Å². The number of benzene rings is 3. The van der Waals surface area contributed by atoms with Crippen molar-refractivity contribution in [3.63, 3.8) is 0 Å². The second-order valence-corrected chi connectivity index (χ2v) is 5.88. The maximum Gasteiger partial charge on any atom is 0.371 e. The van der Waals surface area contributed by atoms with Gasteiger partial charge in [-0.15, -0.1) is 0 Å². The predicted molar refractivity (Wildman–Crippen MR) is 105 cm³/mol. The topological polar surface area (TPSA) is 76.7 Å². The van der Waals surface area contributed by atoms with Crippen molar-refractivity contribution in [3.05, 3.63) is 108 Å². The first-order valence-corrected chi connectivity index (χ1v) is 8.61. The minimum Gasteiger partial charge on any atom is -0.475 e. The summed E-state index contributed by atoms with van der Waals surface area (Å²) in [5, 5.41) is 9.41. The standard InChI is InChI=1S/C14H12O2.C9H6O3/c15-14(13-9-5-2-6-10-13)16-11-12-7-3-1-4-8-12;10-9(11)8-5-6-3-1-2-4-7(6)12-8/h1-10H,11H2;1-5H,(H,10,11). The smallest absolute Gasteiger partial charge is 0.371 e. The largest absolute Gasteiger partial charge is 0.475 e. The second kappa shape index (κ2) is 9.19. The van der Waals surface area contributed by atoms with Crippen molar-refractivity contribution in [2.45, 2.75) is 6.61 Å². The first-order valence-electron chi connectivity index (χ1n) is 8.61. The van der Waals surface area contributed by atoms with Crippen LogP contribution < -0.4 is 0 Å². The molecule has 5 nitrogen and oxygen atoms in total. The molecule has 0 aliphatic carbocycles. The first kappa shape index (κ1) is 18.9. The number of para-hydroxylation sites is 1. The zero-order chi connectivity index (χ0) is 19.8. The lowest BCUT2D eigenvalue weighted by Crippen LogP contribution is -2.04. The lowest BCUT2D eigenvalue weighted by Gasteiger charge is -2.04. The van der Waals surface area contributed by atoms with Crippen LogP contribution in [-0.2, 0) is 11.3 Å². The summed E-state index contributed by atoms with van der Waals surface area (Å²) >= 11 is 0. The van der Waals surface area contributed by atoms with Crippen LogP contribution >= 0.6 is 0 Å². The lowest BCUT2D eigenvalue weighted by atomic mass is 10.2. The van der Waals surface area contributed by atoms with Gasteiger partial charge in [-0.2, -0.15) is 0 Å². The van der Waals surface area contributed by atoms with Crippen molar-refractivity contribution in [3.8, 4) is 0 Å². The van der Waals surface area contributed by atoms with E-state index in [0.717, 1.165) is 10.9 Å². The molecule has 4 rings (SSSR count). The Hall–Kier alpha value is -3.86. The Kier molecular flexibility index (Phi) is 6.21. The highest BCUT2D eigenvalue weighted by atomic mass is 16.5. The lowest BCUT2D eigenvalue weighted by molar-refractivity contribution is 0.0472. The molecule has 0 saturated carbocycles. The fourth-order valence-electron chi connectivity index (χ4n) is 2.47. The quantitative estimate of drug-likeness (QED) is 0.498. The van der Waals surface area contributed by atoms with Gasteiger partial charge in [0.1, 0.15) is 12.2 Å². The molecule has 140 valence electrons. The van der Waals surface area contributed by atoms with Gasteiger partial charge in [-0.25, -0.2) is 9.59 Å². The molecule has 0 unspecified atom stereocenters. The van der Waals surface area contributed by atoms with Gasteiger partial charge in [0, 0.05) is 5.39 Å². The van der Waals surface area contributed by atoms with Gasteiger partial charge in [0.2, 0.25) is 5.76 Å². The van der Waals surface area contributed by atoms with Crippen LogP contribution in [0.15, 0.2) is 95.4 Å². The molecule has 0 radical (unpaired) electrons. The van der Waals surface area contributed by atoms with Crippen LogP contribution in [0.4, 0.5) is 0 Å². The van der Waals surface area contributed by atoms with Crippen LogP contribution in [0, 0.1) is 0 Å². The van der Waals surface area contributed by atoms with Gasteiger partial charge in [-0.05, 0) is 29.8 Å². The molecule has 0 amide bonds. The van der Waals surface area contributed by atoms with Gasteiger partial charge in [-0.3, -0.25) is 0 Å². The number of esters is 1. The highest BCUT2D eigenvalue weighted by molar-refractivity contribution is 5.91. The van der Waals surface area contributed by atoms with Crippen LogP contribution in [0.1, 0.15) is 26.5 Å². The summed E-state index contributed by atoms with van der Waals surface area (Å²) in [4.78, 5) is 22.1. The number of carboxylic acids is 1. The summed E-state index contributed by atoms with van der Waals surface area (Å²) in [5.74, 6) is -1.34. The summed E-state index contributed by atoms with van der Waals surface area (Å²) in [6, 6.07) is 27.3. The molecule has 0 saturated heterocycles. The number of carbonyl (C=O) groups excluding carboxylic acids is 1. The SMILES string of the molecule is O=C(O)c1cc2ccccc2o1.O=C(OCc1ccccc1)c1ccccc1. The average molecular weight is 374 g/mol. The molecule has 0 bridgehead atoms. The molecule has 0 fully saturated rings. The van der Waals surface area contributed by atoms with Crippen LogP contribution in [-0.4, -0.2) is 17.0 Å². The monoisotopic (exact) mass is 374 g/mol. The molecule has 0 atom stereocenters. The third kappa shape index (κ3) is 5.08. The van der Waals surface area contributed by atoms with Crippen molar-refractivity contribution in [2.75, 3.05) is 0 Å². The minimum absolute atomic E-state index is 0.0174. The van der Waals surface area contributed by atoms with E-state index in [1.54, 1.807) is 24.3 Å². The molecule has 1 N–H and O–H groups in total. The Morgan fingerprint density at radius 3 is 2.07 bits per heavy atom. The van der Waals surface area contributed by atoms with Crippen LogP contribution in [0.5, 0.6) is 0 Å². The summed E-state index contributed by atoms with van der Waals surface area (Å²) in [6.07, 6.45) is 0. The maximum absolute atomic E-state index is 11.6. The number of carboxylic acid groups (broad SMARTS) is 1. The molecule has 1 heterocycles. The fraction of sp³-hybridized carbons (Fsp3) is 0.0435.